The number of rotatable bonds is 12. The van der Waals surface area contributed by atoms with Gasteiger partial charge in [0.2, 0.25) is 11.8 Å². The van der Waals surface area contributed by atoms with Crippen molar-refractivity contribution >= 4 is 49.0 Å². The van der Waals surface area contributed by atoms with Gasteiger partial charge in [-0.05, 0) is 47.9 Å². The maximum Gasteiger partial charge on any atom is 0.245 e. The summed E-state index contributed by atoms with van der Waals surface area (Å²) in [6.07, 6.45) is 3.74. The lowest BCUT2D eigenvalue weighted by molar-refractivity contribution is -0.126. The maximum atomic E-state index is 12.8. The van der Waals surface area contributed by atoms with E-state index in [1.165, 1.54) is 0 Å². The van der Waals surface area contributed by atoms with Crippen molar-refractivity contribution in [2.75, 3.05) is 19.4 Å². The van der Waals surface area contributed by atoms with Crippen LogP contribution < -0.4 is 10.6 Å². The van der Waals surface area contributed by atoms with Crippen LogP contribution in [-0.2, 0) is 19.4 Å². The van der Waals surface area contributed by atoms with Crippen molar-refractivity contribution in [3.8, 4) is 11.1 Å². The lowest BCUT2D eigenvalue weighted by atomic mass is 9.87. The Morgan fingerprint density at radius 1 is 1.10 bits per heavy atom. The van der Waals surface area contributed by atoms with Gasteiger partial charge in [-0.15, -0.1) is 11.3 Å². The summed E-state index contributed by atoms with van der Waals surface area (Å²) < 4.78 is 25.8. The highest BCUT2D eigenvalue weighted by Gasteiger charge is 2.34. The van der Waals surface area contributed by atoms with E-state index in [-0.39, 0.29) is 41.3 Å². The van der Waals surface area contributed by atoms with E-state index in [0.29, 0.717) is 28.6 Å². The van der Waals surface area contributed by atoms with E-state index in [2.05, 4.69) is 15.6 Å². The third-order valence-corrected chi connectivity index (χ3v) is 9.18. The largest absolute Gasteiger partial charge is 0.396 e. The molecule has 9 nitrogen and oxygen atoms in total. The zero-order valence-corrected chi connectivity index (χ0v) is 23.8. The Bertz CT molecular complexity index is 1490. The predicted octanol–water partition coefficient (Wildman–Crippen LogP) is 3.43. The summed E-state index contributed by atoms with van der Waals surface area (Å²) in [5.41, 5.74) is 2.58. The number of carbonyl (C=O) groups is 3. The molecular weight excluding hydrogens is 538 g/mol. The molecule has 1 atom stereocenters. The molecule has 4 rings (SSSR count). The number of ketones is 1. The minimum absolute atomic E-state index is 0.0146. The van der Waals surface area contributed by atoms with E-state index < -0.39 is 21.0 Å². The molecule has 0 saturated heterocycles. The fourth-order valence-electron chi connectivity index (χ4n) is 4.01. The molecule has 0 radical (unpaired) electrons. The Hall–Kier alpha value is -3.15. The van der Waals surface area contributed by atoms with Crippen molar-refractivity contribution in [1.29, 1.82) is 0 Å². The number of fused-ring (bicyclic) bond motifs is 1. The molecule has 1 saturated carbocycles. The van der Waals surface area contributed by atoms with Crippen LogP contribution in [-0.4, -0.2) is 61.6 Å². The zero-order valence-electron chi connectivity index (χ0n) is 22.2. The lowest BCUT2D eigenvalue weighted by Gasteiger charge is -2.20. The molecule has 1 unspecified atom stereocenters. The number of hydrogen-bond acceptors (Lipinski definition) is 8. The van der Waals surface area contributed by atoms with E-state index in [9.17, 15) is 27.9 Å². The number of hydrogen-bond donors (Lipinski definition) is 3. The highest BCUT2D eigenvalue weighted by atomic mass is 32.2. The highest BCUT2D eigenvalue weighted by molar-refractivity contribution is 7.91. The maximum absolute atomic E-state index is 12.8. The summed E-state index contributed by atoms with van der Waals surface area (Å²) in [6, 6.07) is 12.9. The van der Waals surface area contributed by atoms with Crippen molar-refractivity contribution in [1.82, 2.24) is 15.6 Å². The van der Waals surface area contributed by atoms with Gasteiger partial charge in [-0.1, -0.05) is 44.2 Å². The minimum atomic E-state index is -3.86. The molecule has 1 aliphatic rings. The summed E-state index contributed by atoms with van der Waals surface area (Å²) in [7, 11) is -3.86. The molecule has 1 fully saturated rings. The van der Waals surface area contributed by atoms with Crippen LogP contribution in [0.2, 0.25) is 0 Å². The van der Waals surface area contributed by atoms with E-state index in [1.54, 1.807) is 18.2 Å². The van der Waals surface area contributed by atoms with Crippen LogP contribution >= 0.6 is 11.3 Å². The van der Waals surface area contributed by atoms with Gasteiger partial charge >= 0.3 is 0 Å². The van der Waals surface area contributed by atoms with Crippen LogP contribution in [0, 0.1) is 5.41 Å². The van der Waals surface area contributed by atoms with Gasteiger partial charge < -0.3 is 15.7 Å². The molecule has 208 valence electrons. The Morgan fingerprint density at radius 3 is 2.38 bits per heavy atom. The number of nitrogens with one attached hydrogen (secondary N) is 2. The Balaban J connectivity index is 1.50. The smallest absolute Gasteiger partial charge is 0.245 e. The van der Waals surface area contributed by atoms with E-state index in [0.717, 1.165) is 41.6 Å². The number of amides is 2. The van der Waals surface area contributed by atoms with Gasteiger partial charge in [-0.2, -0.15) is 0 Å². The van der Waals surface area contributed by atoms with Crippen molar-refractivity contribution < 1.29 is 27.9 Å². The fourth-order valence-corrected chi connectivity index (χ4v) is 6.56. The molecule has 1 aliphatic carbocycles. The summed E-state index contributed by atoms with van der Waals surface area (Å²) in [6.45, 7) is 3.56. The van der Waals surface area contributed by atoms with E-state index in [4.69, 9.17) is 0 Å². The van der Waals surface area contributed by atoms with Crippen molar-refractivity contribution in [3.05, 3.63) is 53.0 Å². The predicted molar refractivity (Wildman–Crippen MR) is 151 cm³/mol. The highest BCUT2D eigenvalue weighted by Crippen LogP contribution is 2.34. The van der Waals surface area contributed by atoms with E-state index in [1.807, 2.05) is 38.1 Å². The summed E-state index contributed by atoms with van der Waals surface area (Å²) >= 11 is 1.12. The van der Waals surface area contributed by atoms with Crippen LogP contribution in [0.3, 0.4) is 0 Å². The van der Waals surface area contributed by atoms with Gasteiger partial charge in [0.15, 0.2) is 20.9 Å². The van der Waals surface area contributed by atoms with Gasteiger partial charge in [-0.3, -0.25) is 14.4 Å². The third kappa shape index (κ3) is 7.49. The molecular formula is C28H33N3O6S2. The number of aromatic nitrogens is 1. The average Bonchev–Trinajstić information content (AvgIpc) is 3.60. The Labute approximate surface area is 232 Å². The number of aliphatic hydroxyl groups is 1. The molecule has 0 bridgehead atoms. The topological polar surface area (TPSA) is 143 Å². The first-order valence-corrected chi connectivity index (χ1v) is 15.5. The third-order valence-electron chi connectivity index (χ3n) is 6.66. The van der Waals surface area contributed by atoms with Gasteiger partial charge in [0.25, 0.3) is 0 Å². The van der Waals surface area contributed by atoms with Crippen molar-refractivity contribution in [2.24, 2.45) is 5.41 Å². The Morgan fingerprint density at radius 2 is 1.77 bits per heavy atom. The number of nitrogens with zero attached hydrogens (tertiary/aromatic N) is 1. The standard InChI is InChI=1S/C28H33N3O6S2/c1-28(2,16-32)13-12-22(33)18-6-4-17(5-7-18)19-8-11-21-23(14-19)38-27(31-21)25(39(3,36)37)26(35)29-15-24(34)30-20-9-10-20/h4-8,11,14,20,25,32H,9-10,12-13,15-16H2,1-3H3,(H,29,35)(H,30,34). The molecule has 1 heterocycles. The number of thiazole rings is 1. The molecule has 2 amide bonds. The molecule has 1 aromatic heterocycles. The number of aliphatic hydroxyl groups excluding tert-OH is 1. The summed E-state index contributed by atoms with van der Waals surface area (Å²) in [5.74, 6) is -1.13. The van der Waals surface area contributed by atoms with Crippen LogP contribution in [0.1, 0.15) is 60.1 Å². The number of benzene rings is 2. The van der Waals surface area contributed by atoms with Gasteiger partial charge in [0.1, 0.15) is 5.01 Å². The molecule has 11 heteroatoms. The first kappa shape index (κ1) is 28.8. The zero-order chi connectivity index (χ0) is 28.4. The molecule has 39 heavy (non-hydrogen) atoms. The molecule has 2 aromatic carbocycles. The first-order chi connectivity index (χ1) is 18.4. The minimum Gasteiger partial charge on any atom is -0.396 e. The average molecular weight is 572 g/mol. The van der Waals surface area contributed by atoms with Crippen LogP contribution in [0.4, 0.5) is 0 Å². The van der Waals surface area contributed by atoms with Crippen molar-refractivity contribution in [3.63, 3.8) is 0 Å². The van der Waals surface area contributed by atoms with Gasteiger partial charge in [0, 0.05) is 30.9 Å². The summed E-state index contributed by atoms with van der Waals surface area (Å²) in [5, 5.41) is 13.2. The number of Topliss-reactive ketones (excluding diaryl/α,β-unsaturated/α-hetero) is 1. The van der Waals surface area contributed by atoms with Gasteiger partial charge in [-0.25, -0.2) is 13.4 Å². The van der Waals surface area contributed by atoms with Crippen LogP contribution in [0.15, 0.2) is 42.5 Å². The molecule has 3 aromatic rings. The second-order valence-electron chi connectivity index (χ2n) is 10.8. The lowest BCUT2D eigenvalue weighted by Crippen LogP contribution is -2.41. The molecule has 3 N–H and O–H groups in total. The van der Waals surface area contributed by atoms with Crippen molar-refractivity contribution in [2.45, 2.75) is 50.8 Å². The van der Waals surface area contributed by atoms with Crippen LogP contribution in [0.5, 0.6) is 0 Å². The molecule has 0 aliphatic heterocycles. The Kier molecular flexibility index (Phi) is 8.53. The normalized spacial score (nSPS) is 14.7. The van der Waals surface area contributed by atoms with E-state index >= 15 is 0 Å². The second kappa shape index (κ2) is 11.5. The molecule has 0 spiro atoms. The SMILES string of the molecule is CC(C)(CO)CCC(=O)c1ccc(-c2ccc3nc(C(C(=O)NCC(=O)NC4CC4)S(C)(=O)=O)sc3c2)cc1. The number of carbonyl (C=O) groups excluding carboxylic acids is 3. The first-order valence-electron chi connectivity index (χ1n) is 12.8. The second-order valence-corrected chi connectivity index (χ2v) is 14.0. The van der Waals surface area contributed by atoms with Crippen LogP contribution in [0.25, 0.3) is 21.3 Å². The fraction of sp³-hybridized carbons (Fsp3) is 0.429. The monoisotopic (exact) mass is 571 g/mol. The quantitative estimate of drug-likeness (QED) is 0.283. The summed E-state index contributed by atoms with van der Waals surface area (Å²) in [4.78, 5) is 41.8. The van der Waals surface area contributed by atoms with Gasteiger partial charge in [0.05, 0.1) is 16.8 Å². The number of sulfone groups is 1.